The zero-order valence-corrected chi connectivity index (χ0v) is 11.4. The molecule has 98 valence electrons. The summed E-state index contributed by atoms with van der Waals surface area (Å²) in [7, 11) is 0. The van der Waals surface area contributed by atoms with Crippen LogP contribution in [-0.4, -0.2) is 0 Å². The number of rotatable bonds is 5. The number of halogens is 2. The quantitative estimate of drug-likeness (QED) is 0.682. The van der Waals surface area contributed by atoms with E-state index in [2.05, 4.69) is 12.1 Å². The van der Waals surface area contributed by atoms with E-state index in [1.165, 1.54) is 17.7 Å². The van der Waals surface area contributed by atoms with Crippen molar-refractivity contribution in [3.63, 3.8) is 0 Å². The molecule has 0 saturated heterocycles. The summed E-state index contributed by atoms with van der Waals surface area (Å²) in [6.07, 6.45) is 4.77. The van der Waals surface area contributed by atoms with Crippen molar-refractivity contribution in [2.75, 3.05) is 0 Å². The summed E-state index contributed by atoms with van der Waals surface area (Å²) in [5.74, 6) is -0.225. The van der Waals surface area contributed by atoms with E-state index in [4.69, 9.17) is 11.6 Å². The lowest BCUT2D eigenvalue weighted by molar-refractivity contribution is 0.628. The standard InChI is InChI=1S/C17H16ClF/c18-16(13-15-9-11-17(19)12-10-15)8-4-7-14-5-2-1-3-6-14/h1-3,5-6,9-13H,4,7-8H2/b16-13-. The van der Waals surface area contributed by atoms with E-state index in [-0.39, 0.29) is 5.82 Å². The van der Waals surface area contributed by atoms with Gasteiger partial charge in [-0.15, -0.1) is 0 Å². The Hall–Kier alpha value is -1.60. The highest BCUT2D eigenvalue weighted by molar-refractivity contribution is 6.31. The molecular weight excluding hydrogens is 259 g/mol. The van der Waals surface area contributed by atoms with Gasteiger partial charge in [-0.1, -0.05) is 54.1 Å². The van der Waals surface area contributed by atoms with Crippen LogP contribution in [0, 0.1) is 5.82 Å². The maximum absolute atomic E-state index is 12.8. The molecule has 2 aromatic carbocycles. The second-order valence-electron chi connectivity index (χ2n) is 4.48. The highest BCUT2D eigenvalue weighted by atomic mass is 35.5. The van der Waals surface area contributed by atoms with Gasteiger partial charge in [0.1, 0.15) is 5.82 Å². The monoisotopic (exact) mass is 274 g/mol. The number of allylic oxidation sites excluding steroid dienone is 1. The van der Waals surface area contributed by atoms with Crippen LogP contribution in [-0.2, 0) is 6.42 Å². The second-order valence-corrected chi connectivity index (χ2v) is 4.97. The molecule has 0 unspecified atom stereocenters. The summed E-state index contributed by atoms with van der Waals surface area (Å²) in [6.45, 7) is 0. The van der Waals surface area contributed by atoms with Crippen molar-refractivity contribution in [3.8, 4) is 0 Å². The van der Waals surface area contributed by atoms with Gasteiger partial charge < -0.3 is 0 Å². The molecular formula is C17H16ClF. The Balaban J connectivity index is 1.84. The van der Waals surface area contributed by atoms with Gasteiger partial charge in [-0.25, -0.2) is 4.39 Å². The first-order valence-corrected chi connectivity index (χ1v) is 6.77. The molecule has 0 bridgehead atoms. The summed E-state index contributed by atoms with van der Waals surface area (Å²) in [4.78, 5) is 0. The van der Waals surface area contributed by atoms with Crippen LogP contribution in [0.4, 0.5) is 4.39 Å². The van der Waals surface area contributed by atoms with E-state index in [0.717, 1.165) is 29.9 Å². The van der Waals surface area contributed by atoms with Crippen LogP contribution >= 0.6 is 11.6 Å². The number of benzene rings is 2. The van der Waals surface area contributed by atoms with E-state index >= 15 is 0 Å². The third-order valence-electron chi connectivity index (χ3n) is 2.92. The number of hydrogen-bond donors (Lipinski definition) is 0. The average Bonchev–Trinajstić information content (AvgIpc) is 2.43. The smallest absolute Gasteiger partial charge is 0.123 e. The Bertz CT molecular complexity index is 529. The number of aryl methyl sites for hydroxylation is 1. The molecule has 0 N–H and O–H groups in total. The fraction of sp³-hybridized carbons (Fsp3) is 0.176. The van der Waals surface area contributed by atoms with Crippen LogP contribution in [0.25, 0.3) is 6.08 Å². The average molecular weight is 275 g/mol. The lowest BCUT2D eigenvalue weighted by Gasteiger charge is -2.01. The van der Waals surface area contributed by atoms with Crippen molar-refractivity contribution < 1.29 is 4.39 Å². The Kier molecular flexibility index (Phi) is 5.17. The maximum Gasteiger partial charge on any atom is 0.123 e. The minimum atomic E-state index is -0.225. The first kappa shape index (κ1) is 13.8. The molecule has 0 saturated carbocycles. The van der Waals surface area contributed by atoms with E-state index in [9.17, 15) is 4.39 Å². The molecule has 0 spiro atoms. The van der Waals surface area contributed by atoms with Gasteiger partial charge in [-0.2, -0.15) is 0 Å². The molecule has 0 aromatic heterocycles. The molecule has 0 nitrogen and oxygen atoms in total. The van der Waals surface area contributed by atoms with Crippen LogP contribution in [0.1, 0.15) is 24.0 Å². The van der Waals surface area contributed by atoms with E-state index in [1.807, 2.05) is 24.3 Å². The van der Waals surface area contributed by atoms with Gasteiger partial charge >= 0.3 is 0 Å². The van der Waals surface area contributed by atoms with Gasteiger partial charge in [0.05, 0.1) is 0 Å². The zero-order valence-electron chi connectivity index (χ0n) is 10.7. The van der Waals surface area contributed by atoms with Gasteiger partial charge in [0.25, 0.3) is 0 Å². The molecule has 0 radical (unpaired) electrons. The van der Waals surface area contributed by atoms with Crippen LogP contribution in [0.5, 0.6) is 0 Å². The molecule has 0 aliphatic rings. The fourth-order valence-corrected chi connectivity index (χ4v) is 2.18. The van der Waals surface area contributed by atoms with Gasteiger partial charge in [0.15, 0.2) is 0 Å². The van der Waals surface area contributed by atoms with Gasteiger partial charge in [0.2, 0.25) is 0 Å². The molecule has 0 atom stereocenters. The summed E-state index contributed by atoms with van der Waals surface area (Å²) in [5, 5.41) is 0.808. The van der Waals surface area contributed by atoms with Crippen molar-refractivity contribution >= 4 is 17.7 Å². The summed E-state index contributed by atoms with van der Waals surface area (Å²) in [5.41, 5.74) is 2.26. The highest BCUT2D eigenvalue weighted by Gasteiger charge is 1.97. The van der Waals surface area contributed by atoms with Gasteiger partial charge in [-0.3, -0.25) is 0 Å². The highest BCUT2D eigenvalue weighted by Crippen LogP contribution is 2.17. The molecule has 0 aliphatic heterocycles. The summed E-state index contributed by atoms with van der Waals surface area (Å²) < 4.78 is 12.8. The van der Waals surface area contributed by atoms with Crippen molar-refractivity contribution in [3.05, 3.63) is 76.6 Å². The second kappa shape index (κ2) is 7.10. The third-order valence-corrected chi connectivity index (χ3v) is 3.22. The van der Waals surface area contributed by atoms with Crippen molar-refractivity contribution in [2.24, 2.45) is 0 Å². The molecule has 2 heteroatoms. The normalized spacial score (nSPS) is 11.6. The minimum Gasteiger partial charge on any atom is -0.207 e. The van der Waals surface area contributed by atoms with Crippen molar-refractivity contribution in [1.29, 1.82) is 0 Å². The van der Waals surface area contributed by atoms with Crippen LogP contribution in [0.2, 0.25) is 0 Å². The van der Waals surface area contributed by atoms with E-state index in [0.29, 0.717) is 0 Å². The molecule has 0 fully saturated rings. The fourth-order valence-electron chi connectivity index (χ4n) is 1.92. The van der Waals surface area contributed by atoms with Crippen LogP contribution in [0.3, 0.4) is 0 Å². The van der Waals surface area contributed by atoms with Crippen LogP contribution < -0.4 is 0 Å². The number of hydrogen-bond acceptors (Lipinski definition) is 0. The molecule has 0 aliphatic carbocycles. The van der Waals surface area contributed by atoms with E-state index in [1.54, 1.807) is 12.1 Å². The molecule has 19 heavy (non-hydrogen) atoms. The first-order valence-electron chi connectivity index (χ1n) is 6.39. The molecule has 2 aromatic rings. The SMILES string of the molecule is Fc1ccc(/C=C(\Cl)CCCc2ccccc2)cc1. The maximum atomic E-state index is 12.8. The summed E-state index contributed by atoms with van der Waals surface area (Å²) in [6, 6.07) is 16.7. The Morgan fingerprint density at radius 2 is 1.68 bits per heavy atom. The van der Waals surface area contributed by atoms with Gasteiger partial charge in [0, 0.05) is 5.03 Å². The van der Waals surface area contributed by atoms with E-state index < -0.39 is 0 Å². The largest absolute Gasteiger partial charge is 0.207 e. The Labute approximate surface area is 118 Å². The third kappa shape index (κ3) is 4.88. The van der Waals surface area contributed by atoms with Gasteiger partial charge in [-0.05, 0) is 48.6 Å². The predicted octanol–water partition coefficient (Wildman–Crippen LogP) is 5.43. The predicted molar refractivity (Wildman–Crippen MR) is 79.6 cm³/mol. The Morgan fingerprint density at radius 1 is 1.00 bits per heavy atom. The summed E-state index contributed by atoms with van der Waals surface area (Å²) >= 11 is 6.19. The zero-order chi connectivity index (χ0) is 13.5. The lowest BCUT2D eigenvalue weighted by atomic mass is 10.1. The lowest BCUT2D eigenvalue weighted by Crippen LogP contribution is -1.85. The molecule has 0 amide bonds. The Morgan fingerprint density at radius 3 is 2.37 bits per heavy atom. The first-order chi connectivity index (χ1) is 9.24. The minimum absolute atomic E-state index is 0.225. The van der Waals surface area contributed by atoms with Crippen LogP contribution in [0.15, 0.2) is 59.6 Å². The molecule has 2 rings (SSSR count). The topological polar surface area (TPSA) is 0 Å². The molecule has 0 heterocycles. The van der Waals surface area contributed by atoms with Crippen molar-refractivity contribution in [1.82, 2.24) is 0 Å². The van der Waals surface area contributed by atoms with Crippen molar-refractivity contribution in [2.45, 2.75) is 19.3 Å².